The Hall–Kier alpha value is -2.85. The molecular formula is C21H19ClFN3. The molecule has 3 rings (SSSR count). The van der Waals surface area contributed by atoms with Gasteiger partial charge in [-0.3, -0.25) is 4.98 Å². The van der Waals surface area contributed by atoms with E-state index in [2.05, 4.69) is 11.6 Å². The zero-order chi connectivity index (χ0) is 18.8. The standard InChI is InChI=1S/C21H19ClFN3/c1-13(2)18-12-25-20(17-9-14(22)7-8-19(17)23)11-21(18)26(3)16-6-4-5-15(24)10-16/h4-12H,1,24H2,2-3H3. The lowest BCUT2D eigenvalue weighted by Crippen LogP contribution is -2.12. The number of anilines is 3. The van der Waals surface area contributed by atoms with Crippen molar-refractivity contribution in [2.75, 3.05) is 17.7 Å². The van der Waals surface area contributed by atoms with E-state index in [0.29, 0.717) is 22.0 Å². The van der Waals surface area contributed by atoms with E-state index in [1.54, 1.807) is 12.3 Å². The summed E-state index contributed by atoms with van der Waals surface area (Å²) in [5, 5.41) is 0.456. The first-order valence-electron chi connectivity index (χ1n) is 8.07. The fourth-order valence-corrected chi connectivity index (χ4v) is 2.94. The van der Waals surface area contributed by atoms with Crippen molar-refractivity contribution in [3.05, 3.63) is 77.7 Å². The number of nitrogens with two attached hydrogens (primary N) is 1. The maximum absolute atomic E-state index is 14.3. The summed E-state index contributed by atoms with van der Waals surface area (Å²) < 4.78 is 14.3. The number of allylic oxidation sites excluding steroid dienone is 1. The van der Waals surface area contributed by atoms with Crippen molar-refractivity contribution in [3.8, 4) is 11.3 Å². The normalized spacial score (nSPS) is 10.6. The first-order chi connectivity index (χ1) is 12.4. The topological polar surface area (TPSA) is 42.2 Å². The Kier molecular flexibility index (Phi) is 4.96. The van der Waals surface area contributed by atoms with Gasteiger partial charge in [0.05, 0.1) is 11.4 Å². The molecule has 0 unspecified atom stereocenters. The number of aromatic nitrogens is 1. The fourth-order valence-electron chi connectivity index (χ4n) is 2.76. The minimum Gasteiger partial charge on any atom is -0.399 e. The van der Waals surface area contributed by atoms with Gasteiger partial charge in [0, 0.05) is 40.8 Å². The first kappa shape index (κ1) is 18.0. The molecule has 5 heteroatoms. The van der Waals surface area contributed by atoms with Gasteiger partial charge in [0.2, 0.25) is 0 Å². The van der Waals surface area contributed by atoms with E-state index in [1.807, 2.05) is 49.2 Å². The lowest BCUT2D eigenvalue weighted by atomic mass is 10.0. The van der Waals surface area contributed by atoms with Crippen LogP contribution >= 0.6 is 11.6 Å². The molecule has 0 atom stereocenters. The summed E-state index contributed by atoms with van der Waals surface area (Å²) >= 11 is 6.03. The summed E-state index contributed by atoms with van der Waals surface area (Å²) in [6.45, 7) is 5.94. The molecule has 3 nitrogen and oxygen atoms in total. The molecule has 0 aliphatic carbocycles. The molecule has 2 aromatic carbocycles. The maximum atomic E-state index is 14.3. The van der Waals surface area contributed by atoms with Gasteiger partial charge in [-0.25, -0.2) is 4.39 Å². The zero-order valence-corrected chi connectivity index (χ0v) is 15.4. The Morgan fingerprint density at radius 1 is 1.19 bits per heavy atom. The second kappa shape index (κ2) is 7.18. The molecule has 0 fully saturated rings. The summed E-state index contributed by atoms with van der Waals surface area (Å²) in [6.07, 6.45) is 1.70. The van der Waals surface area contributed by atoms with Gasteiger partial charge in [0.1, 0.15) is 5.82 Å². The van der Waals surface area contributed by atoms with Gasteiger partial charge in [0.25, 0.3) is 0 Å². The Labute approximate surface area is 157 Å². The number of hydrogen-bond donors (Lipinski definition) is 1. The van der Waals surface area contributed by atoms with E-state index in [-0.39, 0.29) is 5.82 Å². The largest absolute Gasteiger partial charge is 0.399 e. The molecule has 3 aromatic rings. The lowest BCUT2D eigenvalue weighted by molar-refractivity contribution is 0.631. The van der Waals surface area contributed by atoms with Crippen LogP contribution in [-0.2, 0) is 0 Å². The van der Waals surface area contributed by atoms with E-state index in [1.165, 1.54) is 12.1 Å². The SMILES string of the molecule is C=C(C)c1cnc(-c2cc(Cl)ccc2F)cc1N(C)c1cccc(N)c1. The second-order valence-electron chi connectivity index (χ2n) is 6.15. The van der Waals surface area contributed by atoms with Gasteiger partial charge in [-0.15, -0.1) is 0 Å². The molecule has 0 saturated heterocycles. The second-order valence-corrected chi connectivity index (χ2v) is 6.58. The van der Waals surface area contributed by atoms with Gasteiger partial charge in [-0.1, -0.05) is 24.2 Å². The lowest BCUT2D eigenvalue weighted by Gasteiger charge is -2.24. The van der Waals surface area contributed by atoms with Crippen molar-refractivity contribution in [1.29, 1.82) is 0 Å². The molecule has 26 heavy (non-hydrogen) atoms. The van der Waals surface area contributed by atoms with Crippen molar-refractivity contribution >= 4 is 34.2 Å². The molecule has 1 aromatic heterocycles. The predicted molar refractivity (Wildman–Crippen MR) is 108 cm³/mol. The van der Waals surface area contributed by atoms with Crippen LogP contribution in [-0.4, -0.2) is 12.0 Å². The number of rotatable bonds is 4. The highest BCUT2D eigenvalue weighted by molar-refractivity contribution is 6.30. The van der Waals surface area contributed by atoms with E-state index in [9.17, 15) is 4.39 Å². The monoisotopic (exact) mass is 367 g/mol. The van der Waals surface area contributed by atoms with Gasteiger partial charge >= 0.3 is 0 Å². The van der Waals surface area contributed by atoms with Gasteiger partial charge in [0.15, 0.2) is 0 Å². The van der Waals surface area contributed by atoms with Gasteiger partial charge in [-0.2, -0.15) is 0 Å². The van der Waals surface area contributed by atoms with Crippen molar-refractivity contribution in [1.82, 2.24) is 4.98 Å². The van der Waals surface area contributed by atoms with Crippen molar-refractivity contribution < 1.29 is 4.39 Å². The molecular weight excluding hydrogens is 349 g/mol. The van der Waals surface area contributed by atoms with Crippen LogP contribution in [0.5, 0.6) is 0 Å². The third-order valence-corrected chi connectivity index (χ3v) is 4.40. The van der Waals surface area contributed by atoms with Gasteiger partial charge in [-0.05, 0) is 55.0 Å². The quantitative estimate of drug-likeness (QED) is 0.581. The Morgan fingerprint density at radius 2 is 1.96 bits per heavy atom. The minimum atomic E-state index is -0.373. The number of benzene rings is 2. The Bertz CT molecular complexity index is 985. The van der Waals surface area contributed by atoms with Crippen LogP contribution in [0.3, 0.4) is 0 Å². The van der Waals surface area contributed by atoms with E-state index in [0.717, 1.165) is 22.5 Å². The third-order valence-electron chi connectivity index (χ3n) is 4.17. The molecule has 0 saturated carbocycles. The van der Waals surface area contributed by atoms with Crippen LogP contribution in [0.1, 0.15) is 12.5 Å². The van der Waals surface area contributed by atoms with Crippen LogP contribution in [0.15, 0.2) is 61.3 Å². The van der Waals surface area contributed by atoms with Crippen LogP contribution < -0.4 is 10.6 Å². The smallest absolute Gasteiger partial charge is 0.132 e. The van der Waals surface area contributed by atoms with Crippen LogP contribution in [0.25, 0.3) is 16.8 Å². The molecule has 2 N–H and O–H groups in total. The molecule has 0 radical (unpaired) electrons. The van der Waals surface area contributed by atoms with E-state index < -0.39 is 0 Å². The predicted octanol–water partition coefficient (Wildman–Crippen LogP) is 5.92. The van der Waals surface area contributed by atoms with Crippen molar-refractivity contribution in [2.45, 2.75) is 6.92 Å². The van der Waals surface area contributed by atoms with Crippen LogP contribution in [0.2, 0.25) is 5.02 Å². The molecule has 0 aliphatic rings. The highest BCUT2D eigenvalue weighted by Gasteiger charge is 2.15. The summed E-state index contributed by atoms with van der Waals surface area (Å²) in [5.41, 5.74) is 10.9. The zero-order valence-electron chi connectivity index (χ0n) is 14.6. The van der Waals surface area contributed by atoms with E-state index >= 15 is 0 Å². The molecule has 132 valence electrons. The maximum Gasteiger partial charge on any atom is 0.132 e. The molecule has 0 bridgehead atoms. The average molecular weight is 368 g/mol. The number of hydrogen-bond acceptors (Lipinski definition) is 3. The summed E-state index contributed by atoms with van der Waals surface area (Å²) in [6, 6.07) is 13.8. The summed E-state index contributed by atoms with van der Waals surface area (Å²) in [7, 11) is 1.93. The fraction of sp³-hybridized carbons (Fsp3) is 0.0952. The molecule has 0 aliphatic heterocycles. The van der Waals surface area contributed by atoms with Gasteiger partial charge < -0.3 is 10.6 Å². The molecule has 0 spiro atoms. The number of nitrogens with zero attached hydrogens (tertiary/aromatic N) is 2. The number of nitrogen functional groups attached to an aromatic ring is 1. The number of halogens is 2. The first-order valence-corrected chi connectivity index (χ1v) is 8.45. The van der Waals surface area contributed by atoms with E-state index in [4.69, 9.17) is 17.3 Å². The van der Waals surface area contributed by atoms with Crippen molar-refractivity contribution in [2.24, 2.45) is 0 Å². The Morgan fingerprint density at radius 3 is 2.65 bits per heavy atom. The van der Waals surface area contributed by atoms with Crippen LogP contribution in [0, 0.1) is 5.82 Å². The third kappa shape index (κ3) is 3.55. The summed E-state index contributed by atoms with van der Waals surface area (Å²) in [4.78, 5) is 6.40. The van der Waals surface area contributed by atoms with Crippen LogP contribution in [0.4, 0.5) is 21.5 Å². The van der Waals surface area contributed by atoms with Crippen molar-refractivity contribution in [3.63, 3.8) is 0 Å². The minimum absolute atomic E-state index is 0.355. The highest BCUT2D eigenvalue weighted by Crippen LogP contribution is 2.35. The molecule has 1 heterocycles. The Balaban J connectivity index is 2.16. The summed E-state index contributed by atoms with van der Waals surface area (Å²) in [5.74, 6) is -0.373. The number of pyridine rings is 1. The molecule has 0 amide bonds. The average Bonchev–Trinajstić information content (AvgIpc) is 2.62. The highest BCUT2D eigenvalue weighted by atomic mass is 35.5.